The number of hydrogen-bond donors (Lipinski definition) is 2. The molecule has 5 nitrogen and oxygen atoms in total. The van der Waals surface area contributed by atoms with Crippen molar-refractivity contribution in [1.29, 1.82) is 0 Å². The van der Waals surface area contributed by atoms with Crippen LogP contribution in [0.25, 0.3) is 0 Å². The Bertz CT molecular complexity index is 1150. The third kappa shape index (κ3) is 5.09. The van der Waals surface area contributed by atoms with Crippen molar-refractivity contribution in [1.82, 2.24) is 9.97 Å². The maximum absolute atomic E-state index is 12.9. The third-order valence-electron chi connectivity index (χ3n) is 6.88. The first-order chi connectivity index (χ1) is 16.0. The Kier molecular flexibility index (Phi) is 6.97. The van der Waals surface area contributed by atoms with Gasteiger partial charge in [-0.1, -0.05) is 12.1 Å². The summed E-state index contributed by atoms with van der Waals surface area (Å²) in [6, 6.07) is 10.0. The minimum absolute atomic E-state index is 0.00280. The Balaban J connectivity index is 1.19. The number of aromatic nitrogens is 2. The van der Waals surface area contributed by atoms with Crippen LogP contribution in [0.1, 0.15) is 59.4 Å². The topological polar surface area (TPSA) is 75.1 Å². The third-order valence-corrected chi connectivity index (χ3v) is 9.12. The molecule has 0 radical (unpaired) electrons. The molecule has 2 N–H and O–H groups in total. The molecule has 1 aromatic carbocycles. The molecule has 1 saturated carbocycles. The van der Waals surface area contributed by atoms with Crippen LogP contribution in [0.15, 0.2) is 51.1 Å². The summed E-state index contributed by atoms with van der Waals surface area (Å²) in [5.41, 5.74) is 3.86. The van der Waals surface area contributed by atoms with E-state index in [2.05, 4.69) is 59.3 Å². The molecule has 0 unspecified atom stereocenters. The number of carbonyl (C=O) groups excluding carboxylic acids is 1. The maximum atomic E-state index is 12.9. The molecule has 1 fully saturated rings. The molecule has 2 heterocycles. The average molecular weight is 591 g/mol. The number of nitrogens with one attached hydrogen (secondary N) is 1. The number of aryl methyl sites for hydroxylation is 1. The van der Waals surface area contributed by atoms with Gasteiger partial charge in [-0.3, -0.25) is 9.78 Å². The number of thiazole rings is 1. The zero-order valence-electron chi connectivity index (χ0n) is 18.0. The van der Waals surface area contributed by atoms with E-state index >= 15 is 0 Å². The Morgan fingerprint density at radius 1 is 1.24 bits per heavy atom. The number of rotatable bonds is 6. The van der Waals surface area contributed by atoms with E-state index in [1.54, 1.807) is 23.7 Å². The van der Waals surface area contributed by atoms with Crippen LogP contribution in [0.2, 0.25) is 0 Å². The molecule has 0 spiro atoms. The van der Waals surface area contributed by atoms with Crippen LogP contribution < -0.4 is 5.32 Å². The molecule has 2 aromatic heterocycles. The summed E-state index contributed by atoms with van der Waals surface area (Å²) in [7, 11) is 0. The van der Waals surface area contributed by atoms with Gasteiger partial charge in [-0.05, 0) is 112 Å². The molecule has 0 saturated heterocycles. The van der Waals surface area contributed by atoms with Gasteiger partial charge in [-0.25, -0.2) is 4.98 Å². The van der Waals surface area contributed by atoms with Crippen LogP contribution in [0.3, 0.4) is 0 Å². The van der Waals surface area contributed by atoms with Gasteiger partial charge in [0.15, 0.2) is 3.92 Å². The van der Waals surface area contributed by atoms with Gasteiger partial charge in [-0.2, -0.15) is 0 Å². The van der Waals surface area contributed by atoms with Gasteiger partial charge >= 0.3 is 0 Å². The first-order valence-electron chi connectivity index (χ1n) is 11.3. The second-order valence-electron chi connectivity index (χ2n) is 9.04. The highest BCUT2D eigenvalue weighted by molar-refractivity contribution is 9.11. The van der Waals surface area contributed by atoms with Crippen molar-refractivity contribution >= 4 is 54.8 Å². The van der Waals surface area contributed by atoms with Crippen molar-refractivity contribution < 1.29 is 9.90 Å². The summed E-state index contributed by atoms with van der Waals surface area (Å²) < 4.78 is 1.74. The number of halogens is 2. The van der Waals surface area contributed by atoms with E-state index in [1.165, 1.54) is 10.4 Å². The van der Waals surface area contributed by atoms with E-state index in [0.29, 0.717) is 5.92 Å². The fourth-order valence-corrected chi connectivity index (χ4v) is 7.36. The van der Waals surface area contributed by atoms with Gasteiger partial charge in [0.1, 0.15) is 0 Å². The minimum atomic E-state index is -0.442. The van der Waals surface area contributed by atoms with E-state index in [9.17, 15) is 9.90 Å². The molecule has 0 aliphatic heterocycles. The van der Waals surface area contributed by atoms with Crippen molar-refractivity contribution in [2.24, 2.45) is 11.8 Å². The van der Waals surface area contributed by atoms with Crippen molar-refractivity contribution in [3.05, 3.63) is 72.8 Å². The molecule has 33 heavy (non-hydrogen) atoms. The van der Waals surface area contributed by atoms with Crippen LogP contribution in [0.5, 0.6) is 0 Å². The molecular weight excluding hydrogens is 566 g/mol. The van der Waals surface area contributed by atoms with Gasteiger partial charge in [-0.15, -0.1) is 11.3 Å². The summed E-state index contributed by atoms with van der Waals surface area (Å²) in [4.78, 5) is 22.8. The number of fused-ring (bicyclic) bond motifs is 1. The number of pyridine rings is 1. The van der Waals surface area contributed by atoms with E-state index in [4.69, 9.17) is 0 Å². The van der Waals surface area contributed by atoms with Crippen LogP contribution in [-0.2, 0) is 17.6 Å². The van der Waals surface area contributed by atoms with Crippen molar-refractivity contribution in [3.63, 3.8) is 0 Å². The molecule has 2 aliphatic rings. The normalized spacial score (nSPS) is 22.8. The summed E-state index contributed by atoms with van der Waals surface area (Å²) in [5, 5.41) is 13.8. The van der Waals surface area contributed by atoms with Crippen molar-refractivity contribution in [3.8, 4) is 0 Å². The summed E-state index contributed by atoms with van der Waals surface area (Å²) in [6.07, 6.45) is 8.93. The zero-order chi connectivity index (χ0) is 22.9. The molecule has 1 amide bonds. The number of aliphatic hydroxyl groups excluding tert-OH is 1. The van der Waals surface area contributed by atoms with Crippen molar-refractivity contribution in [2.45, 2.75) is 50.5 Å². The lowest BCUT2D eigenvalue weighted by Gasteiger charge is -2.18. The largest absolute Gasteiger partial charge is 0.388 e. The van der Waals surface area contributed by atoms with Gasteiger partial charge in [0, 0.05) is 21.7 Å². The fourth-order valence-electron chi connectivity index (χ4n) is 5.20. The first-order valence-corrected chi connectivity index (χ1v) is 13.7. The quantitative estimate of drug-likeness (QED) is 0.347. The SMILES string of the molecule is O=C(Nc1ccc(C[C@@H]2CC[C@H]([C@H](O)c3cccnc3)C2)cc1Br)[C@H]1CCc2sc(Br)nc21. The predicted molar refractivity (Wildman–Crippen MR) is 137 cm³/mol. The first kappa shape index (κ1) is 23.1. The Hall–Kier alpha value is -1.61. The predicted octanol–water partition coefficient (Wildman–Crippen LogP) is 6.42. The molecule has 4 atom stereocenters. The number of benzene rings is 1. The Morgan fingerprint density at radius 3 is 2.91 bits per heavy atom. The highest BCUT2D eigenvalue weighted by Gasteiger charge is 2.33. The molecule has 5 rings (SSSR count). The maximum Gasteiger partial charge on any atom is 0.233 e. The van der Waals surface area contributed by atoms with Crippen LogP contribution in [-0.4, -0.2) is 21.0 Å². The smallest absolute Gasteiger partial charge is 0.233 e. The zero-order valence-corrected chi connectivity index (χ0v) is 22.0. The van der Waals surface area contributed by atoms with E-state index < -0.39 is 6.10 Å². The van der Waals surface area contributed by atoms with Crippen LogP contribution in [0.4, 0.5) is 5.69 Å². The highest BCUT2D eigenvalue weighted by atomic mass is 79.9. The molecule has 8 heteroatoms. The number of amides is 1. The molecule has 3 aromatic rings. The van der Waals surface area contributed by atoms with E-state index in [0.717, 1.165) is 63.9 Å². The van der Waals surface area contributed by atoms with E-state index in [-0.39, 0.29) is 17.7 Å². The van der Waals surface area contributed by atoms with Crippen LogP contribution in [0, 0.1) is 11.8 Å². The number of nitrogens with zero attached hydrogens (tertiary/aromatic N) is 2. The summed E-state index contributed by atoms with van der Waals surface area (Å²) in [5.74, 6) is 0.649. The van der Waals surface area contributed by atoms with Crippen LogP contribution >= 0.6 is 43.2 Å². The standard InChI is InChI=1S/C25H25Br2N3O2S/c26-19-12-15(10-14-3-5-16(11-14)23(31)17-2-1-9-28-13-17)4-7-20(19)29-24(32)18-6-8-21-22(18)30-25(27)33-21/h1-2,4,7,9,12-14,16,18,23,31H,3,5-6,8,10-11H2,(H,29,32)/t14-,16-,18-,23-/m0/s1. The number of aliphatic hydroxyl groups is 1. The number of anilines is 1. The number of hydrogen-bond acceptors (Lipinski definition) is 5. The average Bonchev–Trinajstić information content (AvgIpc) is 3.51. The van der Waals surface area contributed by atoms with Gasteiger partial charge in [0.25, 0.3) is 0 Å². The minimum Gasteiger partial charge on any atom is -0.388 e. The lowest BCUT2D eigenvalue weighted by molar-refractivity contribution is -0.117. The monoisotopic (exact) mass is 589 g/mol. The summed E-state index contributed by atoms with van der Waals surface area (Å²) in [6.45, 7) is 0. The van der Waals surface area contributed by atoms with Gasteiger partial charge < -0.3 is 10.4 Å². The Morgan fingerprint density at radius 2 is 2.12 bits per heavy atom. The van der Waals surface area contributed by atoms with E-state index in [1.807, 2.05) is 18.2 Å². The lowest BCUT2D eigenvalue weighted by Crippen LogP contribution is -2.20. The van der Waals surface area contributed by atoms with Gasteiger partial charge in [0.05, 0.1) is 23.4 Å². The second kappa shape index (κ2) is 9.94. The Labute approximate surface area is 214 Å². The van der Waals surface area contributed by atoms with Crippen molar-refractivity contribution in [2.75, 3.05) is 5.32 Å². The number of carbonyl (C=O) groups is 1. The molecule has 0 bridgehead atoms. The lowest BCUT2D eigenvalue weighted by atomic mass is 9.92. The summed E-state index contributed by atoms with van der Waals surface area (Å²) >= 11 is 8.71. The fraction of sp³-hybridized carbons (Fsp3) is 0.400. The second-order valence-corrected chi connectivity index (χ2v) is 12.3. The van der Waals surface area contributed by atoms with Gasteiger partial charge in [0.2, 0.25) is 5.91 Å². The molecular formula is C25H25Br2N3O2S. The molecule has 172 valence electrons. The molecule has 2 aliphatic carbocycles. The highest BCUT2D eigenvalue weighted by Crippen LogP contribution is 2.41.